The van der Waals surface area contributed by atoms with Crippen molar-refractivity contribution >= 4 is 23.4 Å². The summed E-state index contributed by atoms with van der Waals surface area (Å²) in [5.74, 6) is -0.200. The maximum absolute atomic E-state index is 12.5. The smallest absolute Gasteiger partial charge is 0.278 e. The average Bonchev–Trinajstić information content (AvgIpc) is 2.96. The number of hydrogen-bond acceptors (Lipinski definition) is 6. The Morgan fingerprint density at radius 1 is 1.21 bits per heavy atom. The summed E-state index contributed by atoms with van der Waals surface area (Å²) in [5, 5.41) is 1.24. The van der Waals surface area contributed by atoms with E-state index in [1.165, 1.54) is 16.7 Å². The molecule has 124 valence electrons. The minimum absolute atomic E-state index is 0. The van der Waals surface area contributed by atoms with E-state index in [1.54, 1.807) is 54.7 Å². The summed E-state index contributed by atoms with van der Waals surface area (Å²) in [6.07, 6.45) is 8.33. The average molecular weight is 342 g/mol. The topological polar surface area (TPSA) is 76.8 Å². The normalized spacial score (nSPS) is 10.1. The van der Waals surface area contributed by atoms with Gasteiger partial charge < -0.3 is 9.47 Å². The molecule has 0 aliphatic heterocycles. The Kier molecular flexibility index (Phi) is 5.64. The lowest BCUT2D eigenvalue weighted by Crippen LogP contribution is -2.26. The monoisotopic (exact) mass is 342 g/mol. The van der Waals surface area contributed by atoms with Gasteiger partial charge in [-0.3, -0.25) is 9.78 Å². The number of carbonyl (C=O) groups excluding carboxylic acids is 1. The van der Waals surface area contributed by atoms with Crippen molar-refractivity contribution in [1.82, 2.24) is 24.5 Å². The van der Waals surface area contributed by atoms with Crippen LogP contribution in [0.4, 0.5) is 5.69 Å². The van der Waals surface area contributed by atoms with Crippen LogP contribution in [0.2, 0.25) is 0 Å². The second-order valence-corrected chi connectivity index (χ2v) is 5.66. The summed E-state index contributed by atoms with van der Waals surface area (Å²) in [7, 11) is 3.53. The van der Waals surface area contributed by atoms with Crippen LogP contribution in [0, 0.1) is 0 Å². The van der Waals surface area contributed by atoms with Crippen LogP contribution in [0.5, 0.6) is 0 Å². The van der Waals surface area contributed by atoms with Crippen molar-refractivity contribution in [3.63, 3.8) is 0 Å². The van der Waals surface area contributed by atoms with E-state index in [2.05, 4.69) is 19.9 Å². The minimum Gasteiger partial charge on any atom is -0.328 e. The molecule has 0 N–H and O–H groups in total. The quantitative estimate of drug-likeness (QED) is 0.679. The number of amides is 1. The van der Waals surface area contributed by atoms with Crippen molar-refractivity contribution in [2.75, 3.05) is 11.9 Å². The summed E-state index contributed by atoms with van der Waals surface area (Å²) in [4.78, 5) is 30.8. The van der Waals surface area contributed by atoms with Gasteiger partial charge in [0.15, 0.2) is 10.3 Å². The van der Waals surface area contributed by atoms with Crippen molar-refractivity contribution in [1.29, 1.82) is 0 Å². The maximum Gasteiger partial charge on any atom is 0.278 e. The van der Waals surface area contributed by atoms with E-state index in [1.807, 2.05) is 13.1 Å². The van der Waals surface area contributed by atoms with Crippen LogP contribution in [-0.2, 0) is 7.05 Å². The Hall–Kier alpha value is -2.74. The van der Waals surface area contributed by atoms with Gasteiger partial charge >= 0.3 is 0 Å². The van der Waals surface area contributed by atoms with Crippen LogP contribution < -0.4 is 4.90 Å². The van der Waals surface area contributed by atoms with Gasteiger partial charge in [-0.25, -0.2) is 15.0 Å². The lowest BCUT2D eigenvalue weighted by Gasteiger charge is -2.14. The Labute approximate surface area is 144 Å². The van der Waals surface area contributed by atoms with Gasteiger partial charge in [0, 0.05) is 38.9 Å². The van der Waals surface area contributed by atoms with Gasteiger partial charge in [-0.2, -0.15) is 0 Å². The van der Waals surface area contributed by atoms with Gasteiger partial charge in [-0.1, -0.05) is 7.43 Å². The van der Waals surface area contributed by atoms with E-state index in [4.69, 9.17) is 0 Å². The lowest BCUT2D eigenvalue weighted by molar-refractivity contribution is 0.0988. The molecule has 24 heavy (non-hydrogen) atoms. The van der Waals surface area contributed by atoms with Crippen molar-refractivity contribution in [2.45, 2.75) is 17.7 Å². The van der Waals surface area contributed by atoms with Crippen LogP contribution in [0.15, 0.2) is 59.5 Å². The summed E-state index contributed by atoms with van der Waals surface area (Å²) in [6, 6.07) is 5.35. The van der Waals surface area contributed by atoms with E-state index < -0.39 is 0 Å². The van der Waals surface area contributed by atoms with Gasteiger partial charge in [-0.15, -0.1) is 0 Å². The van der Waals surface area contributed by atoms with Crippen molar-refractivity contribution in [2.24, 2.45) is 7.05 Å². The third-order valence-electron chi connectivity index (χ3n) is 3.12. The number of carbonyl (C=O) groups is 1. The van der Waals surface area contributed by atoms with E-state index >= 15 is 0 Å². The molecule has 0 fully saturated rings. The molecule has 3 aromatic rings. The van der Waals surface area contributed by atoms with E-state index in [0.29, 0.717) is 21.7 Å². The fourth-order valence-corrected chi connectivity index (χ4v) is 2.64. The Balaban J connectivity index is 0.00000208. The Morgan fingerprint density at radius 2 is 1.96 bits per heavy atom. The highest BCUT2D eigenvalue weighted by Crippen LogP contribution is 2.23. The first kappa shape index (κ1) is 17.6. The molecule has 0 aromatic carbocycles. The van der Waals surface area contributed by atoms with Gasteiger partial charge in [0.1, 0.15) is 5.69 Å². The molecule has 3 aromatic heterocycles. The maximum atomic E-state index is 12.5. The van der Waals surface area contributed by atoms with Crippen molar-refractivity contribution in [3.05, 3.63) is 54.9 Å². The molecular weight excluding hydrogens is 324 g/mol. The first-order valence-corrected chi connectivity index (χ1v) is 7.63. The molecule has 0 spiro atoms. The first-order chi connectivity index (χ1) is 11.1. The zero-order valence-electron chi connectivity index (χ0n) is 12.6. The highest BCUT2D eigenvalue weighted by atomic mass is 32.2. The van der Waals surface area contributed by atoms with Gasteiger partial charge in [0.2, 0.25) is 0 Å². The molecule has 0 saturated carbocycles. The highest BCUT2D eigenvalue weighted by Gasteiger charge is 2.19. The number of aryl methyl sites for hydroxylation is 1. The number of imidazole rings is 1. The molecule has 0 atom stereocenters. The Morgan fingerprint density at radius 3 is 2.62 bits per heavy atom. The van der Waals surface area contributed by atoms with Gasteiger partial charge in [-0.05, 0) is 30.0 Å². The lowest BCUT2D eigenvalue weighted by atomic mass is 10.3. The van der Waals surface area contributed by atoms with Crippen LogP contribution in [0.1, 0.15) is 17.9 Å². The molecule has 0 aliphatic rings. The summed E-state index contributed by atoms with van der Waals surface area (Å²) in [5.41, 5.74) is 1.07. The number of pyridine rings is 1. The van der Waals surface area contributed by atoms with Crippen LogP contribution in [0.25, 0.3) is 0 Å². The van der Waals surface area contributed by atoms with E-state index in [-0.39, 0.29) is 13.3 Å². The molecule has 0 aliphatic carbocycles. The largest absolute Gasteiger partial charge is 0.328 e. The van der Waals surface area contributed by atoms with Crippen LogP contribution >= 0.6 is 11.8 Å². The fraction of sp³-hybridized carbons (Fsp3) is 0.188. The molecular formula is C16H18N6OS. The molecule has 8 heteroatoms. The molecule has 0 saturated heterocycles. The zero-order valence-corrected chi connectivity index (χ0v) is 13.4. The third kappa shape index (κ3) is 3.77. The number of anilines is 1. The van der Waals surface area contributed by atoms with Crippen molar-refractivity contribution in [3.8, 4) is 0 Å². The molecule has 3 rings (SSSR count). The molecule has 1 amide bonds. The number of rotatable bonds is 4. The number of aromatic nitrogens is 5. The number of nitrogens with zero attached hydrogens (tertiary/aromatic N) is 6. The minimum atomic E-state index is -0.200. The van der Waals surface area contributed by atoms with E-state index in [9.17, 15) is 4.79 Å². The second-order valence-electron chi connectivity index (χ2n) is 4.73. The third-order valence-corrected chi connectivity index (χ3v) is 4.07. The van der Waals surface area contributed by atoms with Crippen LogP contribution in [-0.4, -0.2) is 37.5 Å². The number of hydrogen-bond donors (Lipinski definition) is 0. The molecule has 0 radical (unpaired) electrons. The van der Waals surface area contributed by atoms with Crippen molar-refractivity contribution < 1.29 is 4.79 Å². The predicted molar refractivity (Wildman–Crippen MR) is 93.1 cm³/mol. The summed E-state index contributed by atoms with van der Waals surface area (Å²) >= 11 is 1.31. The van der Waals surface area contributed by atoms with Gasteiger partial charge in [0.05, 0.1) is 11.9 Å². The second kappa shape index (κ2) is 7.69. The highest BCUT2D eigenvalue weighted by molar-refractivity contribution is 7.99. The first-order valence-electron chi connectivity index (χ1n) is 6.81. The zero-order chi connectivity index (χ0) is 16.2. The Bertz CT molecular complexity index is 806. The SMILES string of the molecule is C.CN(C(=O)c1cn(C)c(Sc2ncccn2)n1)c1cccnc1. The molecule has 7 nitrogen and oxygen atoms in total. The predicted octanol–water partition coefficient (Wildman–Crippen LogP) is 2.67. The van der Waals surface area contributed by atoms with E-state index in [0.717, 1.165) is 0 Å². The summed E-state index contributed by atoms with van der Waals surface area (Å²) < 4.78 is 1.78. The molecule has 0 unspecified atom stereocenters. The fourth-order valence-electron chi connectivity index (χ4n) is 1.91. The molecule has 3 heterocycles. The summed E-state index contributed by atoms with van der Waals surface area (Å²) in [6.45, 7) is 0. The van der Waals surface area contributed by atoms with Gasteiger partial charge in [0.25, 0.3) is 5.91 Å². The molecule has 0 bridgehead atoms. The van der Waals surface area contributed by atoms with Crippen LogP contribution in [0.3, 0.4) is 0 Å². The standard InChI is InChI=1S/C15H14N6OS.CH4/c1-20-10-12(13(22)21(2)11-5-3-6-16-9-11)19-15(20)23-14-17-7-4-8-18-14;/h3-10H,1-2H3;1H4.